The second-order valence-electron chi connectivity index (χ2n) is 7.59. The summed E-state index contributed by atoms with van der Waals surface area (Å²) in [5.41, 5.74) is 2.66. The fourth-order valence-electron chi connectivity index (χ4n) is 3.89. The summed E-state index contributed by atoms with van der Waals surface area (Å²) in [5.74, 6) is 0.784. The quantitative estimate of drug-likeness (QED) is 0.662. The van der Waals surface area contributed by atoms with Crippen molar-refractivity contribution in [2.24, 2.45) is 0 Å². The lowest BCUT2D eigenvalue weighted by molar-refractivity contribution is -0.211. The normalized spacial score (nSPS) is 27.2. The molecule has 29 heavy (non-hydrogen) atoms. The number of aliphatic hydroxyl groups is 3. The summed E-state index contributed by atoms with van der Waals surface area (Å²) < 4.78 is 11.2. The minimum atomic E-state index is -1.12. The largest absolute Gasteiger partial charge is 0.497 e. The van der Waals surface area contributed by atoms with Gasteiger partial charge in [-0.05, 0) is 55.4 Å². The Hall–Kier alpha value is -1.67. The molecule has 0 aliphatic carbocycles. The summed E-state index contributed by atoms with van der Waals surface area (Å²) in [5, 5.41) is 31.7. The molecule has 0 radical (unpaired) electrons. The molecule has 0 amide bonds. The Labute approximate surface area is 176 Å². The van der Waals surface area contributed by atoms with Gasteiger partial charge in [0.05, 0.1) is 25.9 Å². The monoisotopic (exact) mass is 421 g/mol. The van der Waals surface area contributed by atoms with E-state index < -0.39 is 30.5 Å². The Morgan fingerprint density at radius 1 is 1.07 bits per heavy atom. The molecule has 0 aromatic heterocycles. The first-order chi connectivity index (χ1) is 13.8. The lowest BCUT2D eigenvalue weighted by atomic mass is 9.88. The maximum absolute atomic E-state index is 10.7. The molecule has 0 spiro atoms. The molecule has 6 nitrogen and oxygen atoms in total. The molecule has 1 saturated heterocycles. The summed E-state index contributed by atoms with van der Waals surface area (Å²) in [6, 6.07) is 12.7. The Bertz CT molecular complexity index is 811. The van der Waals surface area contributed by atoms with Crippen LogP contribution in [0.15, 0.2) is 42.5 Å². The zero-order chi connectivity index (χ0) is 21.1. The van der Waals surface area contributed by atoms with Gasteiger partial charge in [0.1, 0.15) is 24.1 Å². The number of nitrogens with zero attached hydrogens (tertiary/aromatic N) is 1. The van der Waals surface area contributed by atoms with Crippen LogP contribution in [0.1, 0.15) is 22.8 Å². The molecule has 1 fully saturated rings. The molecule has 3 rings (SSSR count). The fraction of sp³-hybridized carbons (Fsp3) is 0.455. The average Bonchev–Trinajstić information content (AvgIpc) is 2.71. The van der Waals surface area contributed by atoms with Crippen LogP contribution in [-0.4, -0.2) is 72.4 Å². The highest BCUT2D eigenvalue weighted by Gasteiger charge is 2.45. The van der Waals surface area contributed by atoms with Crippen LogP contribution in [0.3, 0.4) is 0 Å². The maximum Gasteiger partial charge on any atom is 0.118 e. The van der Waals surface area contributed by atoms with E-state index in [1.807, 2.05) is 30.3 Å². The SMILES string of the molecule is COc1ccc(Cc2cc([C@@H]3O[C@H](CO)[C@@H](N(C)C)[C@H](O)[C@H]3O)ccc2Cl)cc1. The van der Waals surface area contributed by atoms with Gasteiger partial charge < -0.3 is 29.7 Å². The molecule has 0 saturated carbocycles. The van der Waals surface area contributed by atoms with E-state index in [4.69, 9.17) is 21.1 Å². The van der Waals surface area contributed by atoms with Crippen LogP contribution < -0.4 is 4.74 Å². The van der Waals surface area contributed by atoms with Gasteiger partial charge in [-0.3, -0.25) is 0 Å². The van der Waals surface area contributed by atoms with Gasteiger partial charge in [-0.2, -0.15) is 0 Å². The minimum Gasteiger partial charge on any atom is -0.497 e. The van der Waals surface area contributed by atoms with Gasteiger partial charge in [-0.15, -0.1) is 0 Å². The van der Waals surface area contributed by atoms with E-state index in [2.05, 4.69) is 0 Å². The number of benzene rings is 2. The number of likely N-dealkylation sites (N-methyl/N-ethyl adjacent to an activating group) is 1. The van der Waals surface area contributed by atoms with E-state index in [0.29, 0.717) is 17.0 Å². The number of hydrogen-bond donors (Lipinski definition) is 3. The van der Waals surface area contributed by atoms with Crippen LogP contribution in [0.4, 0.5) is 0 Å². The lowest BCUT2D eigenvalue weighted by Gasteiger charge is -2.45. The number of hydrogen-bond acceptors (Lipinski definition) is 6. The maximum atomic E-state index is 10.7. The van der Waals surface area contributed by atoms with Crippen LogP contribution in [0.25, 0.3) is 0 Å². The van der Waals surface area contributed by atoms with Crippen LogP contribution in [0.2, 0.25) is 5.02 Å². The first kappa shape index (κ1) is 22.0. The van der Waals surface area contributed by atoms with Crippen molar-refractivity contribution in [1.29, 1.82) is 0 Å². The topological polar surface area (TPSA) is 82.4 Å². The van der Waals surface area contributed by atoms with Crippen molar-refractivity contribution in [3.05, 3.63) is 64.2 Å². The van der Waals surface area contributed by atoms with Gasteiger partial charge in [0.25, 0.3) is 0 Å². The van der Waals surface area contributed by atoms with Crippen molar-refractivity contribution >= 4 is 11.6 Å². The summed E-state index contributed by atoms with van der Waals surface area (Å²) >= 11 is 6.41. The smallest absolute Gasteiger partial charge is 0.118 e. The van der Waals surface area contributed by atoms with Crippen molar-refractivity contribution < 1.29 is 24.8 Å². The zero-order valence-electron chi connectivity index (χ0n) is 16.8. The molecule has 158 valence electrons. The second kappa shape index (κ2) is 9.43. The van der Waals surface area contributed by atoms with Crippen LogP contribution in [0.5, 0.6) is 5.75 Å². The molecule has 0 unspecified atom stereocenters. The van der Waals surface area contributed by atoms with Crippen molar-refractivity contribution in [3.8, 4) is 5.75 Å². The highest BCUT2D eigenvalue weighted by molar-refractivity contribution is 6.31. The highest BCUT2D eigenvalue weighted by Crippen LogP contribution is 2.35. The van der Waals surface area contributed by atoms with Crippen molar-refractivity contribution in [3.63, 3.8) is 0 Å². The van der Waals surface area contributed by atoms with Crippen LogP contribution in [-0.2, 0) is 11.2 Å². The van der Waals surface area contributed by atoms with Crippen LogP contribution in [0, 0.1) is 0 Å². The molecule has 1 aliphatic rings. The van der Waals surface area contributed by atoms with Gasteiger partial charge in [0, 0.05) is 5.02 Å². The highest BCUT2D eigenvalue weighted by atomic mass is 35.5. The molecular weight excluding hydrogens is 394 g/mol. The Morgan fingerprint density at radius 2 is 1.76 bits per heavy atom. The molecule has 5 atom stereocenters. The minimum absolute atomic E-state index is 0.255. The second-order valence-corrected chi connectivity index (χ2v) is 8.00. The average molecular weight is 422 g/mol. The van der Waals surface area contributed by atoms with Crippen molar-refractivity contribution in [1.82, 2.24) is 4.90 Å². The Balaban J connectivity index is 1.86. The zero-order valence-corrected chi connectivity index (χ0v) is 17.6. The first-order valence-electron chi connectivity index (χ1n) is 9.55. The van der Waals surface area contributed by atoms with Crippen molar-refractivity contribution in [2.45, 2.75) is 36.9 Å². The van der Waals surface area contributed by atoms with Crippen molar-refractivity contribution in [2.75, 3.05) is 27.8 Å². The molecule has 3 N–H and O–H groups in total. The van der Waals surface area contributed by atoms with E-state index in [1.54, 1.807) is 38.2 Å². The number of rotatable bonds is 6. The van der Waals surface area contributed by atoms with Gasteiger partial charge >= 0.3 is 0 Å². The fourth-order valence-corrected chi connectivity index (χ4v) is 4.07. The Kier molecular flexibility index (Phi) is 7.16. The number of halogens is 1. The number of methoxy groups -OCH3 is 1. The van der Waals surface area contributed by atoms with E-state index >= 15 is 0 Å². The van der Waals surface area contributed by atoms with Gasteiger partial charge in [0.15, 0.2) is 0 Å². The molecule has 2 aromatic rings. The van der Waals surface area contributed by atoms with Crippen LogP contribution >= 0.6 is 11.6 Å². The number of aliphatic hydroxyl groups excluding tert-OH is 3. The summed E-state index contributed by atoms with van der Waals surface area (Å²) in [6.45, 7) is -0.255. The van der Waals surface area contributed by atoms with Gasteiger partial charge in [-0.25, -0.2) is 0 Å². The number of ether oxygens (including phenoxy) is 2. The third-order valence-electron chi connectivity index (χ3n) is 5.44. The predicted molar refractivity (Wildman–Crippen MR) is 111 cm³/mol. The van der Waals surface area contributed by atoms with Gasteiger partial charge in [-0.1, -0.05) is 35.9 Å². The third kappa shape index (κ3) is 4.74. The predicted octanol–water partition coefficient (Wildman–Crippen LogP) is 2.02. The molecular formula is C22H28ClNO5. The van der Waals surface area contributed by atoms with E-state index in [0.717, 1.165) is 16.9 Å². The van der Waals surface area contributed by atoms with E-state index in [-0.39, 0.29) is 6.61 Å². The summed E-state index contributed by atoms with van der Waals surface area (Å²) in [7, 11) is 5.18. The molecule has 1 aliphatic heterocycles. The van der Waals surface area contributed by atoms with Gasteiger partial charge in [0.2, 0.25) is 0 Å². The third-order valence-corrected chi connectivity index (χ3v) is 5.81. The lowest BCUT2D eigenvalue weighted by Crippen LogP contribution is -2.60. The molecule has 1 heterocycles. The summed E-state index contributed by atoms with van der Waals surface area (Å²) in [4.78, 5) is 1.75. The van der Waals surface area contributed by atoms with E-state index in [9.17, 15) is 15.3 Å². The standard InChI is InChI=1S/C22H28ClNO5/c1-24(2)19-18(12-25)29-22(21(27)20(19)26)14-6-9-17(23)15(11-14)10-13-4-7-16(28-3)8-5-13/h4-9,11,18-22,25-27H,10,12H2,1-3H3/t18-,19-,20+,21-,22+/m1/s1. The first-order valence-corrected chi connectivity index (χ1v) is 9.93. The Morgan fingerprint density at radius 3 is 2.34 bits per heavy atom. The molecule has 7 heteroatoms. The summed E-state index contributed by atoms with van der Waals surface area (Å²) in [6.07, 6.45) is -2.95. The molecule has 0 bridgehead atoms. The van der Waals surface area contributed by atoms with E-state index in [1.165, 1.54) is 0 Å². The molecule has 2 aromatic carbocycles.